The van der Waals surface area contributed by atoms with Crippen LogP contribution in [-0.2, 0) is 19.0 Å². The maximum atomic E-state index is 13.6. The van der Waals surface area contributed by atoms with Crippen LogP contribution in [0.4, 0.5) is 26.3 Å². The van der Waals surface area contributed by atoms with Gasteiger partial charge in [-0.1, -0.05) is 48.5 Å². The summed E-state index contributed by atoms with van der Waals surface area (Å²) in [5.41, 5.74) is 0.858. The molecule has 2 nitrogen and oxygen atoms in total. The molecule has 0 amide bonds. The van der Waals surface area contributed by atoms with Gasteiger partial charge in [-0.2, -0.15) is 26.3 Å². The molecule has 0 bridgehead atoms. The number of benzene rings is 3. The normalized spacial score (nSPS) is 14.6. The highest BCUT2D eigenvalue weighted by atomic mass is 19.4. The molecular formula is C26H21F6NO. The van der Waals surface area contributed by atoms with Crippen molar-refractivity contribution < 1.29 is 31.1 Å². The van der Waals surface area contributed by atoms with Crippen molar-refractivity contribution in [3.05, 3.63) is 95.1 Å². The van der Waals surface area contributed by atoms with Gasteiger partial charge in [0.05, 0.1) is 11.1 Å². The number of para-hydroxylation sites is 1. The molecule has 178 valence electrons. The molecule has 1 heterocycles. The summed E-state index contributed by atoms with van der Waals surface area (Å²) in [5.74, 6) is -0.332. The van der Waals surface area contributed by atoms with Gasteiger partial charge in [-0.15, -0.1) is 0 Å². The summed E-state index contributed by atoms with van der Waals surface area (Å²) in [6.07, 6.45) is -6.49. The summed E-state index contributed by atoms with van der Waals surface area (Å²) >= 11 is 0. The van der Waals surface area contributed by atoms with E-state index in [1.807, 2.05) is 6.08 Å². The van der Waals surface area contributed by atoms with Crippen LogP contribution in [0.25, 0.3) is 16.7 Å². The van der Waals surface area contributed by atoms with Crippen LogP contribution < -0.4 is 10.1 Å². The lowest BCUT2D eigenvalue weighted by Crippen LogP contribution is -2.20. The summed E-state index contributed by atoms with van der Waals surface area (Å²) in [6, 6.07) is 15.0. The fourth-order valence-corrected chi connectivity index (χ4v) is 4.03. The van der Waals surface area contributed by atoms with Crippen LogP contribution in [-0.4, -0.2) is 13.1 Å². The van der Waals surface area contributed by atoms with E-state index in [0.29, 0.717) is 24.1 Å². The van der Waals surface area contributed by atoms with Gasteiger partial charge in [-0.05, 0) is 65.1 Å². The van der Waals surface area contributed by atoms with E-state index >= 15 is 0 Å². The van der Waals surface area contributed by atoms with Gasteiger partial charge in [0.2, 0.25) is 0 Å². The Morgan fingerprint density at radius 3 is 2.12 bits per heavy atom. The lowest BCUT2D eigenvalue weighted by Gasteiger charge is -2.20. The lowest BCUT2D eigenvalue weighted by atomic mass is 9.91. The van der Waals surface area contributed by atoms with E-state index in [2.05, 4.69) is 5.32 Å². The fraction of sp³-hybridized carbons (Fsp3) is 0.231. The molecule has 1 aliphatic rings. The molecule has 0 atom stereocenters. The van der Waals surface area contributed by atoms with Gasteiger partial charge in [-0.3, -0.25) is 0 Å². The Balaban J connectivity index is 1.76. The van der Waals surface area contributed by atoms with E-state index in [1.54, 1.807) is 18.2 Å². The van der Waals surface area contributed by atoms with Crippen LogP contribution >= 0.6 is 0 Å². The highest BCUT2D eigenvalue weighted by Gasteiger charge is 2.35. The van der Waals surface area contributed by atoms with Gasteiger partial charge in [0.1, 0.15) is 12.4 Å². The molecule has 0 unspecified atom stereocenters. The predicted octanol–water partition coefficient (Wildman–Crippen LogP) is 7.35. The first-order chi connectivity index (χ1) is 16.1. The van der Waals surface area contributed by atoms with E-state index in [1.165, 1.54) is 36.4 Å². The van der Waals surface area contributed by atoms with E-state index in [9.17, 15) is 26.3 Å². The maximum absolute atomic E-state index is 13.6. The topological polar surface area (TPSA) is 21.3 Å². The highest BCUT2D eigenvalue weighted by molar-refractivity contribution is 5.75. The average Bonchev–Trinajstić information content (AvgIpc) is 2.82. The Morgan fingerprint density at radius 2 is 1.44 bits per heavy atom. The second-order valence-electron chi connectivity index (χ2n) is 7.88. The predicted molar refractivity (Wildman–Crippen MR) is 118 cm³/mol. The SMILES string of the molecule is FC(F)(F)c1ccccc1OCc1cc(-c2ccccc2C(F)(F)F)ccc1C1=CCNCC1. The zero-order chi connectivity index (χ0) is 24.3. The number of rotatable bonds is 5. The average molecular weight is 477 g/mol. The molecule has 0 fully saturated rings. The van der Waals surface area contributed by atoms with Crippen molar-refractivity contribution in [2.75, 3.05) is 13.1 Å². The minimum atomic E-state index is -4.59. The summed E-state index contributed by atoms with van der Waals surface area (Å²) in [7, 11) is 0. The van der Waals surface area contributed by atoms with Crippen LogP contribution in [0.2, 0.25) is 0 Å². The molecule has 0 spiro atoms. The first kappa shape index (κ1) is 23.9. The van der Waals surface area contributed by atoms with Crippen molar-refractivity contribution >= 4 is 5.57 Å². The van der Waals surface area contributed by atoms with Crippen LogP contribution in [0, 0.1) is 0 Å². The first-order valence-electron chi connectivity index (χ1n) is 10.6. The number of ether oxygens (including phenoxy) is 1. The second-order valence-corrected chi connectivity index (χ2v) is 7.88. The number of hydrogen-bond acceptors (Lipinski definition) is 2. The molecule has 3 aromatic rings. The van der Waals surface area contributed by atoms with Crippen LogP contribution in [0.5, 0.6) is 5.75 Å². The van der Waals surface area contributed by atoms with Gasteiger partial charge in [0, 0.05) is 6.54 Å². The lowest BCUT2D eigenvalue weighted by molar-refractivity contribution is -0.139. The van der Waals surface area contributed by atoms with Crippen molar-refractivity contribution in [3.63, 3.8) is 0 Å². The van der Waals surface area contributed by atoms with Crippen molar-refractivity contribution in [1.29, 1.82) is 0 Å². The van der Waals surface area contributed by atoms with Crippen molar-refractivity contribution in [2.45, 2.75) is 25.4 Å². The van der Waals surface area contributed by atoms with E-state index in [4.69, 9.17) is 4.74 Å². The summed E-state index contributed by atoms with van der Waals surface area (Å²) in [4.78, 5) is 0. The van der Waals surface area contributed by atoms with E-state index in [0.717, 1.165) is 29.8 Å². The quantitative estimate of drug-likeness (QED) is 0.388. The smallest absolute Gasteiger partial charge is 0.419 e. The van der Waals surface area contributed by atoms with E-state index in [-0.39, 0.29) is 17.9 Å². The maximum Gasteiger partial charge on any atom is 0.419 e. The Morgan fingerprint density at radius 1 is 0.765 bits per heavy atom. The van der Waals surface area contributed by atoms with Gasteiger partial charge < -0.3 is 10.1 Å². The first-order valence-corrected chi connectivity index (χ1v) is 10.6. The molecule has 1 N–H and O–H groups in total. The van der Waals surface area contributed by atoms with Crippen LogP contribution in [0.15, 0.2) is 72.8 Å². The summed E-state index contributed by atoms with van der Waals surface area (Å²) < 4.78 is 86.5. The molecule has 0 aromatic heterocycles. The molecule has 0 saturated heterocycles. The third kappa shape index (κ3) is 5.28. The Labute approximate surface area is 192 Å². The zero-order valence-electron chi connectivity index (χ0n) is 17.9. The van der Waals surface area contributed by atoms with Crippen molar-refractivity contribution in [2.24, 2.45) is 0 Å². The third-order valence-electron chi connectivity index (χ3n) is 5.63. The van der Waals surface area contributed by atoms with E-state index < -0.39 is 23.5 Å². The minimum absolute atomic E-state index is 0.00205. The monoisotopic (exact) mass is 477 g/mol. The summed E-state index contributed by atoms with van der Waals surface area (Å²) in [5, 5.41) is 3.19. The molecule has 0 aliphatic carbocycles. The number of halogens is 6. The largest absolute Gasteiger partial charge is 0.488 e. The Kier molecular flexibility index (Phi) is 6.70. The molecule has 34 heavy (non-hydrogen) atoms. The van der Waals surface area contributed by atoms with Crippen LogP contribution in [0.1, 0.15) is 28.7 Å². The van der Waals surface area contributed by atoms with Gasteiger partial charge in [0.25, 0.3) is 0 Å². The molecule has 8 heteroatoms. The molecule has 0 radical (unpaired) electrons. The third-order valence-corrected chi connectivity index (χ3v) is 5.63. The molecule has 0 saturated carbocycles. The molecular weight excluding hydrogens is 456 g/mol. The summed E-state index contributed by atoms with van der Waals surface area (Å²) in [6.45, 7) is 1.13. The molecule has 1 aliphatic heterocycles. The van der Waals surface area contributed by atoms with Crippen LogP contribution in [0.3, 0.4) is 0 Å². The Hall–Kier alpha value is -3.26. The molecule has 4 rings (SSSR count). The van der Waals surface area contributed by atoms with Gasteiger partial charge in [-0.25, -0.2) is 0 Å². The van der Waals surface area contributed by atoms with Crippen molar-refractivity contribution in [3.8, 4) is 16.9 Å². The van der Waals surface area contributed by atoms with Crippen molar-refractivity contribution in [1.82, 2.24) is 5.32 Å². The highest BCUT2D eigenvalue weighted by Crippen LogP contribution is 2.39. The van der Waals surface area contributed by atoms with Gasteiger partial charge >= 0.3 is 12.4 Å². The number of nitrogens with one attached hydrogen (secondary N) is 1. The molecule has 3 aromatic carbocycles. The standard InChI is InChI=1S/C26H21F6NO/c27-25(28,29)22-6-2-1-5-21(22)18-9-10-20(17-11-13-33-14-12-17)19(15-18)16-34-24-8-4-3-7-23(24)26(30,31)32/h1-11,15,33H,12-14,16H2. The second kappa shape index (κ2) is 9.54. The fourth-order valence-electron chi connectivity index (χ4n) is 4.03. The number of alkyl halides is 6. The van der Waals surface area contributed by atoms with Gasteiger partial charge in [0.15, 0.2) is 0 Å². The zero-order valence-corrected chi connectivity index (χ0v) is 17.9. The Bertz CT molecular complexity index is 1200. The number of hydrogen-bond donors (Lipinski definition) is 1. The minimum Gasteiger partial charge on any atom is -0.488 e.